The Morgan fingerprint density at radius 2 is 1.59 bits per heavy atom. The summed E-state index contributed by atoms with van der Waals surface area (Å²) < 4.78 is 51.4. The van der Waals surface area contributed by atoms with Gasteiger partial charge in [-0.2, -0.15) is 10.2 Å². The average molecular weight is 673 g/mol. The van der Waals surface area contributed by atoms with Crippen LogP contribution in [0, 0.1) is 11.6 Å². The van der Waals surface area contributed by atoms with Gasteiger partial charge in [0.15, 0.2) is 0 Å². The van der Waals surface area contributed by atoms with E-state index in [0.29, 0.717) is 5.75 Å². The van der Waals surface area contributed by atoms with Gasteiger partial charge < -0.3 is 24.0 Å². The van der Waals surface area contributed by atoms with E-state index in [4.69, 9.17) is 14.2 Å². The van der Waals surface area contributed by atoms with Gasteiger partial charge in [-0.15, -0.1) is 0 Å². The molecule has 0 unspecified atom stereocenters. The zero-order valence-corrected chi connectivity index (χ0v) is 27.4. The first-order chi connectivity index (χ1) is 23.8. The van der Waals surface area contributed by atoms with E-state index in [2.05, 4.69) is 37.1 Å². The first-order valence-electron chi connectivity index (χ1n) is 16.4. The van der Waals surface area contributed by atoms with Crippen molar-refractivity contribution in [2.24, 2.45) is 0 Å². The van der Waals surface area contributed by atoms with Crippen LogP contribution < -0.4 is 20.2 Å². The zero-order chi connectivity index (χ0) is 34.0. The highest BCUT2D eigenvalue weighted by Gasteiger charge is 2.46. The Morgan fingerprint density at radius 1 is 0.918 bits per heavy atom. The first-order valence-corrected chi connectivity index (χ1v) is 16.4. The highest BCUT2D eigenvalue weighted by Crippen LogP contribution is 2.38. The summed E-state index contributed by atoms with van der Waals surface area (Å²) in [6, 6.07) is 19.3. The molecule has 5 aromatic rings. The Morgan fingerprint density at radius 3 is 2.22 bits per heavy atom. The van der Waals surface area contributed by atoms with Gasteiger partial charge in [0.1, 0.15) is 55.6 Å². The second-order valence-corrected chi connectivity index (χ2v) is 12.3. The molecule has 12 nitrogen and oxygen atoms in total. The molecule has 2 aliphatic heterocycles. The molecule has 2 fully saturated rings. The third kappa shape index (κ3) is 6.78. The van der Waals surface area contributed by atoms with Crippen molar-refractivity contribution < 1.29 is 23.0 Å². The molecule has 3 atom stereocenters. The lowest BCUT2D eigenvalue weighted by Crippen LogP contribution is -2.46. The lowest BCUT2D eigenvalue weighted by Gasteiger charge is -2.37. The van der Waals surface area contributed by atoms with Crippen molar-refractivity contribution in [3.05, 3.63) is 113 Å². The van der Waals surface area contributed by atoms with Gasteiger partial charge in [0.2, 0.25) is 5.79 Å². The smallest absolute Gasteiger partial charge is 0.350 e. The van der Waals surface area contributed by atoms with E-state index >= 15 is 0 Å². The van der Waals surface area contributed by atoms with Gasteiger partial charge in [0.25, 0.3) is 0 Å². The fourth-order valence-corrected chi connectivity index (χ4v) is 6.24. The molecule has 256 valence electrons. The van der Waals surface area contributed by atoms with Gasteiger partial charge in [-0.3, -0.25) is 0 Å². The monoisotopic (exact) mass is 672 g/mol. The molecule has 0 radical (unpaired) electrons. The molecule has 2 saturated heterocycles. The van der Waals surface area contributed by atoms with Crippen LogP contribution in [0.3, 0.4) is 0 Å². The van der Waals surface area contributed by atoms with Crippen LogP contribution in [0.25, 0.3) is 5.69 Å². The van der Waals surface area contributed by atoms with E-state index in [-0.39, 0.29) is 37.1 Å². The molecule has 4 heterocycles. The standard InChI is InChI=1S/C35H38F2N8O4/c1-3-25(2)45-34(46)44(24-40-45)29-7-5-27(6-8-29)41-14-16-42(17-15-41)28-9-11-30(12-10-28)47-19-31-20-48-35(49-31,21-43-23-38-22-39-43)32-13-4-26(36)18-33(32)37/h4-13,18,22-25,31H,3,14-17,19-21H2,1-2H3/t25-,31+,35-/m1/s1. The minimum absolute atomic E-state index is 0.0334. The summed E-state index contributed by atoms with van der Waals surface area (Å²) in [7, 11) is 0. The Bertz CT molecular complexity index is 1910. The number of halogens is 2. The summed E-state index contributed by atoms with van der Waals surface area (Å²) in [4.78, 5) is 21.4. The van der Waals surface area contributed by atoms with Crippen molar-refractivity contribution in [1.29, 1.82) is 0 Å². The van der Waals surface area contributed by atoms with Crippen molar-refractivity contribution in [3.8, 4) is 11.4 Å². The average Bonchev–Trinajstić information content (AvgIpc) is 3.88. The molecule has 2 aromatic heterocycles. The minimum Gasteiger partial charge on any atom is -0.491 e. The predicted octanol–water partition coefficient (Wildman–Crippen LogP) is 4.55. The predicted molar refractivity (Wildman–Crippen MR) is 178 cm³/mol. The molecular weight excluding hydrogens is 634 g/mol. The zero-order valence-electron chi connectivity index (χ0n) is 27.4. The maximum absolute atomic E-state index is 14.9. The number of hydrogen-bond donors (Lipinski definition) is 0. The molecule has 0 amide bonds. The van der Waals surface area contributed by atoms with Crippen LogP contribution in [-0.2, 0) is 21.8 Å². The Balaban J connectivity index is 0.925. The number of aromatic nitrogens is 6. The fraction of sp³-hybridized carbons (Fsp3) is 0.371. The summed E-state index contributed by atoms with van der Waals surface area (Å²) in [5.41, 5.74) is 2.95. The SMILES string of the molecule is CC[C@@H](C)n1ncn(-c2ccc(N3CCN(c4ccc(OC[C@H]5CO[C@@](Cn6cncn6)(c6ccc(F)cc6F)O5)cc4)CC3)cc2)c1=O. The van der Waals surface area contributed by atoms with Crippen LogP contribution in [0.4, 0.5) is 20.2 Å². The molecule has 0 bridgehead atoms. The quantitative estimate of drug-likeness (QED) is 0.200. The number of anilines is 2. The number of benzene rings is 3. The summed E-state index contributed by atoms with van der Waals surface area (Å²) in [5.74, 6) is -2.30. The van der Waals surface area contributed by atoms with E-state index in [9.17, 15) is 13.6 Å². The van der Waals surface area contributed by atoms with Crippen molar-refractivity contribution in [2.45, 2.75) is 44.7 Å². The molecule has 14 heteroatoms. The van der Waals surface area contributed by atoms with Crippen LogP contribution in [-0.4, -0.2) is 74.6 Å². The number of hydrogen-bond acceptors (Lipinski definition) is 9. The Hall–Kier alpha value is -5.08. The maximum atomic E-state index is 14.9. The first kappa shape index (κ1) is 32.5. The third-order valence-electron chi connectivity index (χ3n) is 9.15. The molecule has 2 aliphatic rings. The lowest BCUT2D eigenvalue weighted by atomic mass is 10.0. The molecule has 0 spiro atoms. The fourth-order valence-electron chi connectivity index (χ4n) is 6.24. The van der Waals surface area contributed by atoms with Gasteiger partial charge in [-0.1, -0.05) is 6.92 Å². The van der Waals surface area contributed by atoms with Crippen molar-refractivity contribution >= 4 is 11.4 Å². The molecule has 0 N–H and O–H groups in total. The second-order valence-electron chi connectivity index (χ2n) is 12.3. The van der Waals surface area contributed by atoms with Crippen molar-refractivity contribution in [1.82, 2.24) is 29.1 Å². The summed E-state index contributed by atoms with van der Waals surface area (Å²) >= 11 is 0. The van der Waals surface area contributed by atoms with Crippen LogP contribution in [0.15, 0.2) is 90.5 Å². The number of rotatable bonds is 11. The molecule has 3 aromatic carbocycles. The summed E-state index contributed by atoms with van der Waals surface area (Å²) in [5, 5.41) is 8.39. The molecule has 0 saturated carbocycles. The number of nitrogens with zero attached hydrogens (tertiary/aromatic N) is 8. The summed E-state index contributed by atoms with van der Waals surface area (Å²) in [6.07, 6.45) is 4.77. The van der Waals surface area contributed by atoms with Crippen LogP contribution >= 0.6 is 0 Å². The van der Waals surface area contributed by atoms with E-state index in [1.54, 1.807) is 10.9 Å². The topological polar surface area (TPSA) is 105 Å². The Kier molecular flexibility index (Phi) is 9.15. The van der Waals surface area contributed by atoms with Crippen molar-refractivity contribution in [3.63, 3.8) is 0 Å². The van der Waals surface area contributed by atoms with Crippen molar-refractivity contribution in [2.75, 3.05) is 49.2 Å². The highest BCUT2D eigenvalue weighted by atomic mass is 19.1. The van der Waals surface area contributed by atoms with Gasteiger partial charge in [-0.05, 0) is 74.0 Å². The van der Waals surface area contributed by atoms with E-state index in [0.717, 1.165) is 55.7 Å². The Labute approximate surface area is 282 Å². The van der Waals surface area contributed by atoms with E-state index in [1.807, 2.05) is 50.2 Å². The normalized spacial score (nSPS) is 20.1. The number of ether oxygens (including phenoxy) is 3. The summed E-state index contributed by atoms with van der Waals surface area (Å²) in [6.45, 7) is 7.80. The molecule has 49 heavy (non-hydrogen) atoms. The minimum atomic E-state index is -1.51. The van der Waals surface area contributed by atoms with Crippen LogP contribution in [0.1, 0.15) is 31.9 Å². The molecule has 7 rings (SSSR count). The third-order valence-corrected chi connectivity index (χ3v) is 9.15. The number of piperazine rings is 1. The lowest BCUT2D eigenvalue weighted by molar-refractivity contribution is -0.192. The van der Waals surface area contributed by atoms with Crippen LogP contribution in [0.2, 0.25) is 0 Å². The molecule has 0 aliphatic carbocycles. The maximum Gasteiger partial charge on any atom is 0.350 e. The van der Waals surface area contributed by atoms with E-state index in [1.165, 1.54) is 34.2 Å². The van der Waals surface area contributed by atoms with Gasteiger partial charge >= 0.3 is 5.69 Å². The second kappa shape index (κ2) is 13.8. The molecular formula is C35H38F2N8O4. The largest absolute Gasteiger partial charge is 0.491 e. The van der Waals surface area contributed by atoms with Crippen LogP contribution in [0.5, 0.6) is 5.75 Å². The van der Waals surface area contributed by atoms with Gasteiger partial charge in [0, 0.05) is 49.2 Å². The van der Waals surface area contributed by atoms with E-state index < -0.39 is 23.5 Å². The van der Waals surface area contributed by atoms with Gasteiger partial charge in [-0.25, -0.2) is 32.5 Å². The van der Waals surface area contributed by atoms with Gasteiger partial charge in [0.05, 0.1) is 18.3 Å². The highest BCUT2D eigenvalue weighted by molar-refractivity contribution is 5.54.